The number of benzene rings is 1. The van der Waals surface area contributed by atoms with Crippen LogP contribution in [0.1, 0.15) is 12.8 Å². The molecule has 0 radical (unpaired) electrons. The largest absolute Gasteiger partial charge is 0.396 e. The quantitative estimate of drug-likeness (QED) is 0.881. The Bertz CT molecular complexity index is 572. The smallest absolute Gasteiger partial charge is 0.301 e. The molecule has 0 amide bonds. The molecule has 0 spiro atoms. The fourth-order valence-electron chi connectivity index (χ4n) is 2.11. The highest BCUT2D eigenvalue weighted by molar-refractivity contribution is 7.90. The Kier molecular flexibility index (Phi) is 4.56. The Hall–Kier alpha value is -1.25. The van der Waals surface area contributed by atoms with Crippen molar-refractivity contribution in [2.75, 3.05) is 24.4 Å². The van der Waals surface area contributed by atoms with Crippen molar-refractivity contribution in [3.8, 4) is 0 Å². The van der Waals surface area contributed by atoms with Gasteiger partial charge < -0.3 is 5.11 Å². The monoisotopic (exact) mass is 306 g/mol. The summed E-state index contributed by atoms with van der Waals surface area (Å²) in [5.74, 6) is -1.63. The van der Waals surface area contributed by atoms with E-state index in [-0.39, 0.29) is 31.3 Å². The fourth-order valence-corrected chi connectivity index (χ4v) is 3.37. The van der Waals surface area contributed by atoms with Gasteiger partial charge in [0.2, 0.25) is 0 Å². The van der Waals surface area contributed by atoms with Gasteiger partial charge in [-0.15, -0.1) is 0 Å². The van der Waals surface area contributed by atoms with Crippen LogP contribution in [0.4, 0.5) is 14.5 Å². The Morgan fingerprint density at radius 1 is 1.30 bits per heavy atom. The van der Waals surface area contributed by atoms with Crippen molar-refractivity contribution in [3.05, 3.63) is 29.8 Å². The number of piperidine rings is 1. The molecule has 112 valence electrons. The summed E-state index contributed by atoms with van der Waals surface area (Å²) in [6, 6.07) is 2.65. The van der Waals surface area contributed by atoms with Crippen LogP contribution < -0.4 is 4.72 Å². The van der Waals surface area contributed by atoms with Crippen LogP contribution in [-0.2, 0) is 10.2 Å². The second kappa shape index (κ2) is 6.02. The summed E-state index contributed by atoms with van der Waals surface area (Å²) in [5.41, 5.74) is -0.282. The molecule has 0 aromatic heterocycles. The van der Waals surface area contributed by atoms with Gasteiger partial charge in [-0.3, -0.25) is 4.72 Å². The van der Waals surface area contributed by atoms with Gasteiger partial charge in [0.15, 0.2) is 0 Å². The summed E-state index contributed by atoms with van der Waals surface area (Å²) in [6.07, 6.45) is 1.12. The molecule has 1 aliphatic heterocycles. The van der Waals surface area contributed by atoms with Crippen LogP contribution in [0.25, 0.3) is 0 Å². The Labute approximate surface area is 116 Å². The molecule has 1 aromatic carbocycles. The lowest BCUT2D eigenvalue weighted by atomic mass is 10.00. The van der Waals surface area contributed by atoms with Crippen molar-refractivity contribution in [1.82, 2.24) is 4.31 Å². The summed E-state index contributed by atoms with van der Waals surface area (Å²) in [4.78, 5) is 0. The van der Waals surface area contributed by atoms with Gasteiger partial charge in [-0.05, 0) is 30.9 Å². The average molecular weight is 306 g/mol. The summed E-state index contributed by atoms with van der Waals surface area (Å²) in [7, 11) is -3.86. The normalized spacial score (nSPS) is 18.1. The van der Waals surface area contributed by atoms with Crippen molar-refractivity contribution >= 4 is 15.9 Å². The molecule has 1 heterocycles. The average Bonchev–Trinajstić information content (AvgIpc) is 2.42. The van der Waals surface area contributed by atoms with E-state index in [1.807, 2.05) is 0 Å². The van der Waals surface area contributed by atoms with E-state index < -0.39 is 21.8 Å². The minimum Gasteiger partial charge on any atom is -0.396 e. The number of halogens is 2. The first-order chi connectivity index (χ1) is 9.42. The number of anilines is 1. The minimum atomic E-state index is -3.86. The molecule has 0 saturated carbocycles. The van der Waals surface area contributed by atoms with Crippen LogP contribution in [0, 0.1) is 17.6 Å². The predicted molar refractivity (Wildman–Crippen MR) is 70.3 cm³/mol. The molecule has 0 aliphatic carbocycles. The van der Waals surface area contributed by atoms with E-state index in [1.165, 1.54) is 4.31 Å². The molecule has 2 rings (SSSR count). The highest BCUT2D eigenvalue weighted by Gasteiger charge is 2.28. The Balaban J connectivity index is 2.08. The third-order valence-corrected chi connectivity index (χ3v) is 4.86. The van der Waals surface area contributed by atoms with Gasteiger partial charge >= 0.3 is 10.2 Å². The van der Waals surface area contributed by atoms with Gasteiger partial charge in [0.25, 0.3) is 0 Å². The Morgan fingerprint density at radius 3 is 2.50 bits per heavy atom. The molecule has 5 nitrogen and oxygen atoms in total. The number of nitrogens with one attached hydrogen (secondary N) is 1. The molecule has 1 aromatic rings. The van der Waals surface area contributed by atoms with Crippen molar-refractivity contribution in [2.24, 2.45) is 5.92 Å². The number of aliphatic hydroxyl groups is 1. The second-order valence-electron chi connectivity index (χ2n) is 4.76. The standard InChI is InChI=1S/C12H16F2N2O3S/c13-10-1-2-12(11(14)7-10)15-20(18,19)16-5-3-9(8-17)4-6-16/h1-2,7,9,15,17H,3-6,8H2. The number of rotatable bonds is 4. The zero-order valence-corrected chi connectivity index (χ0v) is 11.5. The highest BCUT2D eigenvalue weighted by Crippen LogP contribution is 2.22. The van der Waals surface area contributed by atoms with Gasteiger partial charge in [-0.2, -0.15) is 12.7 Å². The lowest BCUT2D eigenvalue weighted by Gasteiger charge is -2.30. The third-order valence-electron chi connectivity index (χ3n) is 3.34. The van der Waals surface area contributed by atoms with Crippen LogP contribution in [0.2, 0.25) is 0 Å². The summed E-state index contributed by atoms with van der Waals surface area (Å²) >= 11 is 0. The first-order valence-corrected chi connectivity index (χ1v) is 7.70. The Morgan fingerprint density at radius 2 is 1.95 bits per heavy atom. The van der Waals surface area contributed by atoms with Gasteiger partial charge in [0.1, 0.15) is 11.6 Å². The van der Waals surface area contributed by atoms with Crippen LogP contribution >= 0.6 is 0 Å². The van der Waals surface area contributed by atoms with Gasteiger partial charge in [0, 0.05) is 25.8 Å². The SMILES string of the molecule is O=S(=O)(Nc1ccc(F)cc1F)N1CCC(CO)CC1. The summed E-state index contributed by atoms with van der Waals surface area (Å²) < 4.78 is 53.7. The van der Waals surface area contributed by atoms with Crippen LogP contribution in [0.15, 0.2) is 18.2 Å². The van der Waals surface area contributed by atoms with Crippen molar-refractivity contribution < 1.29 is 22.3 Å². The fraction of sp³-hybridized carbons (Fsp3) is 0.500. The second-order valence-corrected chi connectivity index (χ2v) is 6.43. The molecule has 1 aliphatic rings. The van der Waals surface area contributed by atoms with Crippen LogP contribution in [0.3, 0.4) is 0 Å². The van der Waals surface area contributed by atoms with Gasteiger partial charge in [0.05, 0.1) is 5.69 Å². The zero-order valence-electron chi connectivity index (χ0n) is 10.7. The van der Waals surface area contributed by atoms with E-state index in [1.54, 1.807) is 0 Å². The molecular weight excluding hydrogens is 290 g/mol. The number of hydrogen-bond acceptors (Lipinski definition) is 3. The molecule has 1 fully saturated rings. The van der Waals surface area contributed by atoms with Gasteiger partial charge in [-0.25, -0.2) is 8.78 Å². The van der Waals surface area contributed by atoms with Crippen molar-refractivity contribution in [3.63, 3.8) is 0 Å². The van der Waals surface area contributed by atoms with Crippen molar-refractivity contribution in [2.45, 2.75) is 12.8 Å². The van der Waals surface area contributed by atoms with E-state index >= 15 is 0 Å². The van der Waals surface area contributed by atoms with E-state index in [9.17, 15) is 17.2 Å². The third kappa shape index (κ3) is 3.44. The molecule has 20 heavy (non-hydrogen) atoms. The topological polar surface area (TPSA) is 69.6 Å². The predicted octanol–water partition coefficient (Wildman–Crippen LogP) is 1.33. The maximum absolute atomic E-state index is 13.4. The lowest BCUT2D eigenvalue weighted by Crippen LogP contribution is -2.42. The molecule has 0 atom stereocenters. The van der Waals surface area contributed by atoms with Gasteiger partial charge in [-0.1, -0.05) is 0 Å². The van der Waals surface area contributed by atoms with Crippen molar-refractivity contribution in [1.29, 1.82) is 0 Å². The molecule has 1 saturated heterocycles. The molecule has 2 N–H and O–H groups in total. The molecule has 0 bridgehead atoms. The number of nitrogens with zero attached hydrogens (tertiary/aromatic N) is 1. The molecule has 8 heteroatoms. The number of aliphatic hydroxyl groups excluding tert-OH is 1. The maximum atomic E-state index is 13.4. The summed E-state index contributed by atoms with van der Waals surface area (Å²) in [6.45, 7) is 0.570. The van der Waals surface area contributed by atoms with E-state index in [0.29, 0.717) is 18.9 Å². The van der Waals surface area contributed by atoms with E-state index in [4.69, 9.17) is 5.11 Å². The van der Waals surface area contributed by atoms with E-state index in [2.05, 4.69) is 4.72 Å². The number of hydrogen-bond donors (Lipinski definition) is 2. The zero-order chi connectivity index (χ0) is 14.8. The summed E-state index contributed by atoms with van der Waals surface area (Å²) in [5, 5.41) is 9.01. The van der Waals surface area contributed by atoms with Crippen LogP contribution in [0.5, 0.6) is 0 Å². The first kappa shape index (κ1) is 15.1. The molecular formula is C12H16F2N2O3S. The first-order valence-electron chi connectivity index (χ1n) is 6.26. The molecule has 0 unspecified atom stereocenters. The van der Waals surface area contributed by atoms with E-state index in [0.717, 1.165) is 12.1 Å². The van der Waals surface area contributed by atoms with Crippen LogP contribution in [-0.4, -0.2) is 37.5 Å². The maximum Gasteiger partial charge on any atom is 0.301 e. The highest BCUT2D eigenvalue weighted by atomic mass is 32.2. The minimum absolute atomic E-state index is 0.0356. The lowest BCUT2D eigenvalue weighted by molar-refractivity contribution is 0.170.